The van der Waals surface area contributed by atoms with E-state index in [9.17, 15) is 4.39 Å². The summed E-state index contributed by atoms with van der Waals surface area (Å²) in [6.45, 7) is 9.24. The number of likely N-dealkylation sites (N-methyl/N-ethyl adjacent to an activating group) is 1. The second-order valence-electron chi connectivity index (χ2n) is 6.96. The van der Waals surface area contributed by atoms with Crippen molar-refractivity contribution < 1.29 is 4.39 Å². The first-order chi connectivity index (χ1) is 12.0. The Balaban J connectivity index is 1.54. The van der Waals surface area contributed by atoms with Gasteiger partial charge in [-0.2, -0.15) is 0 Å². The molecule has 1 N–H and O–H groups in total. The highest BCUT2D eigenvalue weighted by Crippen LogP contribution is 2.26. The van der Waals surface area contributed by atoms with Crippen molar-refractivity contribution in [1.29, 1.82) is 0 Å². The molecule has 1 saturated heterocycles. The number of nitrogens with one attached hydrogen (secondary N) is 1. The van der Waals surface area contributed by atoms with Crippen LogP contribution in [0.5, 0.6) is 0 Å². The van der Waals surface area contributed by atoms with Gasteiger partial charge in [0, 0.05) is 43.3 Å². The van der Waals surface area contributed by atoms with Crippen LogP contribution in [0.2, 0.25) is 0 Å². The molecule has 0 radical (unpaired) electrons. The molecule has 2 aliphatic rings. The number of aromatic nitrogens is 1. The van der Waals surface area contributed by atoms with Crippen LogP contribution in [0.15, 0.2) is 35.5 Å². The van der Waals surface area contributed by atoms with E-state index in [1.807, 2.05) is 25.1 Å². The van der Waals surface area contributed by atoms with E-state index in [0.29, 0.717) is 12.5 Å². The molecule has 0 spiro atoms. The molecule has 0 aromatic carbocycles. The van der Waals surface area contributed by atoms with Gasteiger partial charge in [0.2, 0.25) is 0 Å². The maximum atomic E-state index is 13.3. The van der Waals surface area contributed by atoms with E-state index in [0.717, 1.165) is 42.7 Å². The normalized spacial score (nSPS) is 21.7. The van der Waals surface area contributed by atoms with Crippen molar-refractivity contribution in [1.82, 2.24) is 14.8 Å². The number of anilines is 1. The second kappa shape index (κ2) is 8.10. The first-order valence-electron chi connectivity index (χ1n) is 8.71. The van der Waals surface area contributed by atoms with Crippen molar-refractivity contribution in [2.45, 2.75) is 32.7 Å². The molecule has 0 saturated carbocycles. The van der Waals surface area contributed by atoms with E-state index in [4.69, 9.17) is 0 Å². The zero-order valence-corrected chi connectivity index (χ0v) is 15.8. The highest BCUT2D eigenvalue weighted by molar-refractivity contribution is 7.15. The van der Waals surface area contributed by atoms with Gasteiger partial charge in [-0.15, -0.1) is 11.3 Å². The molecule has 1 atom stereocenters. The molecule has 3 heterocycles. The van der Waals surface area contributed by atoms with Crippen LogP contribution < -0.4 is 5.32 Å². The predicted molar refractivity (Wildman–Crippen MR) is 102 cm³/mol. The summed E-state index contributed by atoms with van der Waals surface area (Å²) in [4.78, 5) is 14.4. The lowest BCUT2D eigenvalue weighted by Crippen LogP contribution is -2.38. The van der Waals surface area contributed by atoms with Gasteiger partial charge >= 0.3 is 0 Å². The average molecular weight is 364 g/mol. The summed E-state index contributed by atoms with van der Waals surface area (Å²) in [7, 11) is 1.92. The molecule has 1 aromatic heterocycles. The molecule has 3 rings (SSSR count). The van der Waals surface area contributed by atoms with Crippen molar-refractivity contribution in [2.75, 3.05) is 32.0 Å². The Kier molecular flexibility index (Phi) is 5.86. The molecule has 2 aliphatic heterocycles. The van der Waals surface area contributed by atoms with Crippen LogP contribution in [-0.4, -0.2) is 47.3 Å². The number of halogens is 1. The first kappa shape index (κ1) is 18.1. The lowest BCUT2D eigenvalue weighted by atomic mass is 9.93. The van der Waals surface area contributed by atoms with Crippen LogP contribution >= 0.6 is 11.3 Å². The van der Waals surface area contributed by atoms with Crippen LogP contribution in [0, 0.1) is 5.92 Å². The summed E-state index contributed by atoms with van der Waals surface area (Å²) in [6.07, 6.45) is 6.64. The molecule has 1 aromatic rings. The van der Waals surface area contributed by atoms with Crippen LogP contribution in [0.4, 0.5) is 9.52 Å². The molecule has 0 aliphatic carbocycles. The van der Waals surface area contributed by atoms with E-state index >= 15 is 0 Å². The minimum absolute atomic E-state index is 0.166. The van der Waals surface area contributed by atoms with Crippen molar-refractivity contribution in [3.8, 4) is 0 Å². The van der Waals surface area contributed by atoms with Gasteiger partial charge in [-0.1, -0.05) is 6.58 Å². The molecular formula is C18H26FN5S. The number of hydrogen-bond acceptors (Lipinski definition) is 6. The number of aliphatic imine (C=N–C) groups is 1. The second-order valence-corrected chi connectivity index (χ2v) is 8.08. The summed E-state index contributed by atoms with van der Waals surface area (Å²) >= 11 is 1.69. The molecule has 1 fully saturated rings. The monoisotopic (exact) mass is 363 g/mol. The Labute approximate surface area is 153 Å². The van der Waals surface area contributed by atoms with Crippen LogP contribution in [0.25, 0.3) is 0 Å². The fraction of sp³-hybridized carbons (Fsp3) is 0.556. The number of likely N-dealkylation sites (tertiary alicyclic amines) is 1. The van der Waals surface area contributed by atoms with Gasteiger partial charge in [0.25, 0.3) is 0 Å². The highest BCUT2D eigenvalue weighted by Gasteiger charge is 2.24. The van der Waals surface area contributed by atoms with E-state index in [-0.39, 0.29) is 5.83 Å². The fourth-order valence-corrected chi connectivity index (χ4v) is 4.30. The van der Waals surface area contributed by atoms with Gasteiger partial charge in [-0.05, 0) is 32.2 Å². The Morgan fingerprint density at radius 1 is 1.52 bits per heavy atom. The number of nitrogens with zero attached hydrogens (tertiary/aromatic N) is 4. The molecule has 7 heteroatoms. The number of allylic oxidation sites excluding steroid dienone is 1. The molecule has 1 unspecified atom stereocenters. The third-order valence-electron chi connectivity index (χ3n) is 4.51. The molecular weight excluding hydrogens is 337 g/mol. The van der Waals surface area contributed by atoms with E-state index in [1.54, 1.807) is 11.3 Å². The zero-order chi connectivity index (χ0) is 17.8. The summed E-state index contributed by atoms with van der Waals surface area (Å²) in [5, 5.41) is 4.08. The predicted octanol–water partition coefficient (Wildman–Crippen LogP) is 3.85. The topological polar surface area (TPSA) is 43.8 Å². The lowest BCUT2D eigenvalue weighted by molar-refractivity contribution is 0.170. The summed E-state index contributed by atoms with van der Waals surface area (Å²) in [5.41, 5.74) is 0.904. The van der Waals surface area contributed by atoms with E-state index in [2.05, 4.69) is 26.8 Å². The Hall–Kier alpha value is -1.73. The van der Waals surface area contributed by atoms with E-state index < -0.39 is 0 Å². The van der Waals surface area contributed by atoms with Crippen LogP contribution in [-0.2, 0) is 6.54 Å². The van der Waals surface area contributed by atoms with Gasteiger partial charge in [-0.25, -0.2) is 14.4 Å². The Morgan fingerprint density at radius 3 is 3.12 bits per heavy atom. The molecule has 25 heavy (non-hydrogen) atoms. The Morgan fingerprint density at radius 2 is 2.36 bits per heavy atom. The van der Waals surface area contributed by atoms with Crippen LogP contribution in [0.1, 0.15) is 31.1 Å². The molecule has 136 valence electrons. The fourth-order valence-electron chi connectivity index (χ4n) is 3.37. The largest absolute Gasteiger partial charge is 0.356 e. The van der Waals surface area contributed by atoms with Crippen molar-refractivity contribution in [3.63, 3.8) is 0 Å². The maximum absolute atomic E-state index is 13.3. The maximum Gasteiger partial charge on any atom is 0.187 e. The lowest BCUT2D eigenvalue weighted by Gasteiger charge is -2.34. The number of rotatable bonds is 6. The standard InChI is InChI=1S/C18H26FN5S/c1-13(2)22-18-21-9-16(25-18)12-24-6-4-5-14(10-24)7-17-20-8-15(19)11-23(17)3/h8-9,14H,1,4-7,10-12H2,2-3H3,(H,21,22). The number of piperidine rings is 1. The molecule has 5 nitrogen and oxygen atoms in total. The van der Waals surface area contributed by atoms with E-state index in [1.165, 1.54) is 23.9 Å². The minimum atomic E-state index is -0.166. The van der Waals surface area contributed by atoms with Crippen molar-refractivity contribution in [3.05, 3.63) is 35.4 Å². The first-order valence-corrected chi connectivity index (χ1v) is 9.53. The third kappa shape index (κ3) is 5.12. The van der Waals surface area contributed by atoms with Gasteiger partial charge in [-0.3, -0.25) is 4.90 Å². The van der Waals surface area contributed by atoms with Gasteiger partial charge in [0.05, 0.1) is 12.7 Å². The van der Waals surface area contributed by atoms with Gasteiger partial charge < -0.3 is 10.2 Å². The SMILES string of the molecule is C=C(C)Nc1ncc(CN2CCCC(CC3=NC=C(F)CN3C)C2)s1. The third-order valence-corrected chi connectivity index (χ3v) is 5.41. The summed E-state index contributed by atoms with van der Waals surface area (Å²) < 4.78 is 13.3. The average Bonchev–Trinajstić information content (AvgIpc) is 2.97. The minimum Gasteiger partial charge on any atom is -0.356 e. The molecule has 0 bridgehead atoms. The van der Waals surface area contributed by atoms with Crippen molar-refractivity contribution >= 4 is 22.3 Å². The quantitative estimate of drug-likeness (QED) is 0.834. The smallest absolute Gasteiger partial charge is 0.187 e. The Bertz CT molecular complexity index is 681. The number of hydrogen-bond donors (Lipinski definition) is 1. The number of thiazole rings is 1. The number of amidine groups is 1. The molecule has 0 amide bonds. The van der Waals surface area contributed by atoms with Crippen molar-refractivity contribution in [2.24, 2.45) is 10.9 Å². The highest BCUT2D eigenvalue weighted by atomic mass is 32.1. The summed E-state index contributed by atoms with van der Waals surface area (Å²) in [6, 6.07) is 0. The van der Waals surface area contributed by atoms with Gasteiger partial charge in [0.15, 0.2) is 5.13 Å². The van der Waals surface area contributed by atoms with Gasteiger partial charge in [0.1, 0.15) is 11.7 Å². The zero-order valence-electron chi connectivity index (χ0n) is 15.0. The van der Waals surface area contributed by atoms with Crippen LogP contribution in [0.3, 0.4) is 0 Å². The summed E-state index contributed by atoms with van der Waals surface area (Å²) in [5.74, 6) is 1.41.